The largest absolute Gasteiger partial charge is 0.313 e. The molecule has 1 unspecified atom stereocenters. The third-order valence-electron chi connectivity index (χ3n) is 2.77. The van der Waals surface area contributed by atoms with Gasteiger partial charge in [0.25, 0.3) is 0 Å². The number of rotatable bonds is 4. The van der Waals surface area contributed by atoms with E-state index in [2.05, 4.69) is 49.0 Å². The van der Waals surface area contributed by atoms with Crippen LogP contribution in [0.5, 0.6) is 0 Å². The summed E-state index contributed by atoms with van der Waals surface area (Å²) in [6.45, 7) is 11.9. The molecular weight excluding hydrogens is 198 g/mol. The van der Waals surface area contributed by atoms with Crippen LogP contribution in [0.4, 0.5) is 0 Å². The molecule has 0 saturated carbocycles. The summed E-state index contributed by atoms with van der Waals surface area (Å²) in [6, 6.07) is 2.52. The van der Waals surface area contributed by atoms with Crippen LogP contribution in [0.2, 0.25) is 0 Å². The summed E-state index contributed by atoms with van der Waals surface area (Å²) in [5.41, 5.74) is 2.40. The van der Waals surface area contributed by atoms with Crippen LogP contribution in [0.25, 0.3) is 0 Å². The average Bonchev–Trinajstić information content (AvgIpc) is 2.16. The smallest absolute Gasteiger partial charge is 0.115 e. The van der Waals surface area contributed by atoms with Gasteiger partial charge in [0.2, 0.25) is 0 Å². The predicted molar refractivity (Wildman–Crippen MR) is 67.4 cm³/mol. The van der Waals surface area contributed by atoms with Crippen LogP contribution in [0.15, 0.2) is 12.4 Å². The SMILES string of the molecule is CCNC(Cc1cc(C)ncn1)C(C)(C)C. The molecule has 0 aliphatic heterocycles. The summed E-state index contributed by atoms with van der Waals surface area (Å²) in [7, 11) is 0. The number of hydrogen-bond donors (Lipinski definition) is 1. The normalized spacial score (nSPS) is 13.8. The molecule has 0 radical (unpaired) electrons. The van der Waals surface area contributed by atoms with E-state index in [1.54, 1.807) is 6.33 Å². The lowest BCUT2D eigenvalue weighted by Crippen LogP contribution is -2.42. The van der Waals surface area contributed by atoms with Gasteiger partial charge in [-0.05, 0) is 24.9 Å². The molecule has 3 heteroatoms. The van der Waals surface area contributed by atoms with Crippen LogP contribution < -0.4 is 5.32 Å². The summed E-state index contributed by atoms with van der Waals surface area (Å²) in [5, 5.41) is 3.53. The van der Waals surface area contributed by atoms with Crippen molar-refractivity contribution in [3.63, 3.8) is 0 Å². The quantitative estimate of drug-likeness (QED) is 0.848. The fourth-order valence-electron chi connectivity index (χ4n) is 1.76. The molecule has 0 bridgehead atoms. The maximum Gasteiger partial charge on any atom is 0.115 e. The molecule has 16 heavy (non-hydrogen) atoms. The molecule has 0 saturated heterocycles. The van der Waals surface area contributed by atoms with E-state index in [1.165, 1.54) is 0 Å². The van der Waals surface area contributed by atoms with Gasteiger partial charge in [0, 0.05) is 23.9 Å². The highest BCUT2D eigenvalue weighted by molar-refractivity contribution is 5.08. The molecular formula is C13H23N3. The van der Waals surface area contributed by atoms with Crippen molar-refractivity contribution in [1.82, 2.24) is 15.3 Å². The maximum absolute atomic E-state index is 4.32. The summed E-state index contributed by atoms with van der Waals surface area (Å²) in [5.74, 6) is 0. The van der Waals surface area contributed by atoms with Gasteiger partial charge >= 0.3 is 0 Å². The third kappa shape index (κ3) is 3.89. The van der Waals surface area contributed by atoms with Crippen LogP contribution in [-0.4, -0.2) is 22.6 Å². The van der Waals surface area contributed by atoms with E-state index in [0.717, 1.165) is 24.4 Å². The number of nitrogens with one attached hydrogen (secondary N) is 1. The lowest BCUT2D eigenvalue weighted by atomic mass is 9.84. The second-order valence-electron chi connectivity index (χ2n) is 5.33. The molecule has 1 heterocycles. The molecule has 3 nitrogen and oxygen atoms in total. The summed E-state index contributed by atoms with van der Waals surface area (Å²) in [4.78, 5) is 8.45. The Morgan fingerprint density at radius 3 is 2.50 bits per heavy atom. The van der Waals surface area contributed by atoms with Crippen LogP contribution in [-0.2, 0) is 6.42 Å². The first-order valence-corrected chi connectivity index (χ1v) is 5.94. The van der Waals surface area contributed by atoms with Gasteiger partial charge < -0.3 is 5.32 Å². The van der Waals surface area contributed by atoms with Crippen molar-refractivity contribution >= 4 is 0 Å². The van der Waals surface area contributed by atoms with Gasteiger partial charge in [-0.2, -0.15) is 0 Å². The zero-order chi connectivity index (χ0) is 12.2. The van der Waals surface area contributed by atoms with Crippen LogP contribution in [0, 0.1) is 12.3 Å². The first kappa shape index (κ1) is 13.1. The van der Waals surface area contributed by atoms with Gasteiger partial charge in [-0.3, -0.25) is 0 Å². The van der Waals surface area contributed by atoms with Gasteiger partial charge in [0.05, 0.1) is 0 Å². The summed E-state index contributed by atoms with van der Waals surface area (Å²) < 4.78 is 0. The highest BCUT2D eigenvalue weighted by Gasteiger charge is 2.24. The molecule has 0 aliphatic carbocycles. The van der Waals surface area contributed by atoms with Crippen molar-refractivity contribution < 1.29 is 0 Å². The molecule has 1 N–H and O–H groups in total. The fourth-order valence-corrected chi connectivity index (χ4v) is 1.76. The highest BCUT2D eigenvalue weighted by atomic mass is 14.9. The van der Waals surface area contributed by atoms with Crippen molar-refractivity contribution in [3.8, 4) is 0 Å². The molecule has 0 aliphatic rings. The molecule has 0 aromatic carbocycles. The first-order chi connectivity index (χ1) is 7.43. The molecule has 0 amide bonds. The second kappa shape index (κ2) is 5.39. The lowest BCUT2D eigenvalue weighted by molar-refractivity contribution is 0.268. The van der Waals surface area contributed by atoms with E-state index in [4.69, 9.17) is 0 Å². The minimum Gasteiger partial charge on any atom is -0.313 e. The topological polar surface area (TPSA) is 37.8 Å². The number of nitrogens with zero attached hydrogens (tertiary/aromatic N) is 2. The fraction of sp³-hybridized carbons (Fsp3) is 0.692. The summed E-state index contributed by atoms with van der Waals surface area (Å²) >= 11 is 0. The Hall–Kier alpha value is -0.960. The Kier molecular flexibility index (Phi) is 4.42. The van der Waals surface area contributed by atoms with Gasteiger partial charge in [-0.1, -0.05) is 27.7 Å². The van der Waals surface area contributed by atoms with Gasteiger partial charge in [-0.25, -0.2) is 9.97 Å². The standard InChI is InChI=1S/C13H23N3/c1-6-14-12(13(3,4)5)8-11-7-10(2)15-9-16-11/h7,9,12,14H,6,8H2,1-5H3. The van der Waals surface area contributed by atoms with Crippen LogP contribution >= 0.6 is 0 Å². The van der Waals surface area contributed by atoms with Crippen LogP contribution in [0.3, 0.4) is 0 Å². The average molecular weight is 221 g/mol. The highest BCUT2D eigenvalue weighted by Crippen LogP contribution is 2.22. The zero-order valence-electron chi connectivity index (χ0n) is 11.0. The van der Waals surface area contributed by atoms with Gasteiger partial charge in [0.15, 0.2) is 0 Å². The molecule has 1 atom stereocenters. The second-order valence-corrected chi connectivity index (χ2v) is 5.33. The first-order valence-electron chi connectivity index (χ1n) is 5.94. The van der Waals surface area contributed by atoms with Crippen molar-refractivity contribution in [1.29, 1.82) is 0 Å². The van der Waals surface area contributed by atoms with E-state index in [-0.39, 0.29) is 5.41 Å². The molecule has 1 aromatic rings. The number of aryl methyl sites for hydroxylation is 1. The zero-order valence-corrected chi connectivity index (χ0v) is 11.0. The lowest BCUT2D eigenvalue weighted by Gasteiger charge is -2.31. The van der Waals surface area contributed by atoms with E-state index in [9.17, 15) is 0 Å². The number of likely N-dealkylation sites (N-methyl/N-ethyl adjacent to an activating group) is 1. The Labute approximate surface area is 98.7 Å². The molecule has 0 spiro atoms. The van der Waals surface area contributed by atoms with E-state index in [1.807, 2.05) is 6.92 Å². The maximum atomic E-state index is 4.32. The molecule has 0 fully saturated rings. The van der Waals surface area contributed by atoms with Gasteiger partial charge in [0.1, 0.15) is 6.33 Å². The molecule has 1 aromatic heterocycles. The monoisotopic (exact) mass is 221 g/mol. The predicted octanol–water partition coefficient (Wildman–Crippen LogP) is 2.35. The Morgan fingerprint density at radius 2 is 2.00 bits per heavy atom. The van der Waals surface area contributed by atoms with Crippen molar-refractivity contribution in [2.45, 2.75) is 47.1 Å². The minimum absolute atomic E-state index is 0.245. The van der Waals surface area contributed by atoms with Crippen molar-refractivity contribution in [2.75, 3.05) is 6.54 Å². The Bertz CT molecular complexity index is 328. The van der Waals surface area contributed by atoms with E-state index < -0.39 is 0 Å². The Morgan fingerprint density at radius 1 is 1.31 bits per heavy atom. The minimum atomic E-state index is 0.245. The van der Waals surface area contributed by atoms with E-state index >= 15 is 0 Å². The Balaban J connectivity index is 2.76. The van der Waals surface area contributed by atoms with Crippen LogP contribution in [0.1, 0.15) is 39.1 Å². The van der Waals surface area contributed by atoms with Crippen molar-refractivity contribution in [3.05, 3.63) is 23.8 Å². The molecule has 1 rings (SSSR count). The number of hydrogen-bond acceptors (Lipinski definition) is 3. The molecule has 90 valence electrons. The third-order valence-corrected chi connectivity index (χ3v) is 2.77. The van der Waals surface area contributed by atoms with E-state index in [0.29, 0.717) is 6.04 Å². The summed E-state index contributed by atoms with van der Waals surface area (Å²) in [6.07, 6.45) is 2.61. The van der Waals surface area contributed by atoms with Gasteiger partial charge in [-0.15, -0.1) is 0 Å². The van der Waals surface area contributed by atoms with Crippen molar-refractivity contribution in [2.24, 2.45) is 5.41 Å². The number of aromatic nitrogens is 2.